The first-order valence-corrected chi connectivity index (χ1v) is 5.85. The number of hydrogen-bond donors (Lipinski definition) is 2. The standard InChI is InChI=1S/C11H15F3N4/c1-7-6-9(11(12,13)14)18-10(16-7)17-8-2-4-15-5-3-8/h6,8,15H,2-5H2,1H3,(H,16,17,18). The molecule has 100 valence electrons. The molecular weight excluding hydrogens is 245 g/mol. The van der Waals surface area contributed by atoms with Crippen LogP contribution < -0.4 is 10.6 Å². The van der Waals surface area contributed by atoms with E-state index in [0.29, 0.717) is 5.69 Å². The average Bonchev–Trinajstić information content (AvgIpc) is 2.28. The molecule has 2 rings (SSSR count). The van der Waals surface area contributed by atoms with Crippen molar-refractivity contribution in [1.82, 2.24) is 15.3 Å². The van der Waals surface area contributed by atoms with Gasteiger partial charge in [0, 0.05) is 11.7 Å². The first kappa shape index (κ1) is 13.1. The van der Waals surface area contributed by atoms with Crippen LogP contribution in [0.5, 0.6) is 0 Å². The van der Waals surface area contributed by atoms with Crippen molar-refractivity contribution >= 4 is 5.95 Å². The van der Waals surface area contributed by atoms with E-state index in [4.69, 9.17) is 0 Å². The minimum atomic E-state index is -4.43. The molecular formula is C11H15F3N4. The Kier molecular flexibility index (Phi) is 3.70. The van der Waals surface area contributed by atoms with Crippen LogP contribution in [0.4, 0.5) is 19.1 Å². The zero-order valence-electron chi connectivity index (χ0n) is 10.0. The Morgan fingerprint density at radius 1 is 1.28 bits per heavy atom. The van der Waals surface area contributed by atoms with E-state index >= 15 is 0 Å². The topological polar surface area (TPSA) is 49.8 Å². The summed E-state index contributed by atoms with van der Waals surface area (Å²) in [5, 5.41) is 6.16. The lowest BCUT2D eigenvalue weighted by molar-refractivity contribution is -0.141. The third-order valence-electron chi connectivity index (χ3n) is 2.82. The Bertz CT molecular complexity index is 413. The van der Waals surface area contributed by atoms with Gasteiger partial charge in [-0.05, 0) is 38.9 Å². The molecule has 0 spiro atoms. The van der Waals surface area contributed by atoms with Crippen molar-refractivity contribution in [2.24, 2.45) is 0 Å². The maximum Gasteiger partial charge on any atom is 0.433 e. The van der Waals surface area contributed by atoms with Crippen LogP contribution in [0.2, 0.25) is 0 Å². The average molecular weight is 260 g/mol. The van der Waals surface area contributed by atoms with Crippen molar-refractivity contribution in [2.45, 2.75) is 32.0 Å². The molecule has 0 bridgehead atoms. The highest BCUT2D eigenvalue weighted by atomic mass is 19.4. The summed E-state index contributed by atoms with van der Waals surface area (Å²) in [6.07, 6.45) is -2.71. The van der Waals surface area contributed by atoms with Crippen molar-refractivity contribution in [3.8, 4) is 0 Å². The molecule has 0 saturated carbocycles. The third-order valence-corrected chi connectivity index (χ3v) is 2.82. The predicted octanol–water partition coefficient (Wildman–Crippen LogP) is 1.97. The smallest absolute Gasteiger partial charge is 0.351 e. The molecule has 4 nitrogen and oxygen atoms in total. The number of piperidine rings is 1. The van der Waals surface area contributed by atoms with Crippen molar-refractivity contribution in [3.05, 3.63) is 17.5 Å². The van der Waals surface area contributed by atoms with Crippen LogP contribution in [0.3, 0.4) is 0 Å². The van der Waals surface area contributed by atoms with Gasteiger partial charge in [-0.25, -0.2) is 9.97 Å². The highest BCUT2D eigenvalue weighted by Crippen LogP contribution is 2.28. The lowest BCUT2D eigenvalue weighted by Crippen LogP contribution is -2.35. The second-order valence-corrected chi connectivity index (χ2v) is 4.38. The number of rotatable bonds is 2. The molecule has 0 atom stereocenters. The van der Waals surface area contributed by atoms with Gasteiger partial charge in [-0.15, -0.1) is 0 Å². The lowest BCUT2D eigenvalue weighted by Gasteiger charge is -2.24. The number of aromatic nitrogens is 2. The van der Waals surface area contributed by atoms with Crippen LogP contribution in [0.1, 0.15) is 24.2 Å². The first-order chi connectivity index (χ1) is 8.45. The van der Waals surface area contributed by atoms with Crippen LogP contribution in [-0.4, -0.2) is 29.1 Å². The van der Waals surface area contributed by atoms with Crippen LogP contribution in [-0.2, 0) is 6.18 Å². The highest BCUT2D eigenvalue weighted by Gasteiger charge is 2.33. The minimum absolute atomic E-state index is 0.0641. The molecule has 2 N–H and O–H groups in total. The fraction of sp³-hybridized carbons (Fsp3) is 0.636. The van der Waals surface area contributed by atoms with E-state index < -0.39 is 11.9 Å². The normalized spacial score (nSPS) is 17.8. The zero-order valence-corrected chi connectivity index (χ0v) is 10.0. The SMILES string of the molecule is Cc1cc(C(F)(F)F)nc(NC2CCNCC2)n1. The minimum Gasteiger partial charge on any atom is -0.351 e. The Hall–Kier alpha value is -1.37. The number of alkyl halides is 3. The molecule has 1 aliphatic heterocycles. The van der Waals surface area contributed by atoms with Crippen molar-refractivity contribution in [1.29, 1.82) is 0 Å². The van der Waals surface area contributed by atoms with Gasteiger partial charge in [0.15, 0.2) is 0 Å². The Morgan fingerprint density at radius 3 is 2.56 bits per heavy atom. The summed E-state index contributed by atoms with van der Waals surface area (Å²) in [6, 6.07) is 1.09. The van der Waals surface area contributed by atoms with E-state index in [-0.39, 0.29) is 12.0 Å². The molecule has 1 aliphatic rings. The summed E-state index contributed by atoms with van der Waals surface area (Å²) >= 11 is 0. The molecule has 1 aromatic rings. The van der Waals surface area contributed by atoms with E-state index in [9.17, 15) is 13.2 Å². The van der Waals surface area contributed by atoms with E-state index in [0.717, 1.165) is 32.0 Å². The molecule has 18 heavy (non-hydrogen) atoms. The van der Waals surface area contributed by atoms with Gasteiger partial charge in [0.25, 0.3) is 0 Å². The number of nitrogens with one attached hydrogen (secondary N) is 2. The molecule has 2 heterocycles. The van der Waals surface area contributed by atoms with E-state index in [1.807, 2.05) is 0 Å². The second kappa shape index (κ2) is 5.09. The van der Waals surface area contributed by atoms with Crippen molar-refractivity contribution in [2.75, 3.05) is 18.4 Å². The summed E-state index contributed by atoms with van der Waals surface area (Å²) in [7, 11) is 0. The summed E-state index contributed by atoms with van der Waals surface area (Å²) < 4.78 is 37.8. The molecule has 1 saturated heterocycles. The van der Waals surface area contributed by atoms with Gasteiger partial charge in [-0.1, -0.05) is 0 Å². The molecule has 1 aromatic heterocycles. The van der Waals surface area contributed by atoms with E-state index in [1.165, 1.54) is 6.92 Å². The summed E-state index contributed by atoms with van der Waals surface area (Å²) in [5.41, 5.74) is -0.583. The molecule has 0 radical (unpaired) electrons. The van der Waals surface area contributed by atoms with Crippen LogP contribution >= 0.6 is 0 Å². The monoisotopic (exact) mass is 260 g/mol. The molecule has 7 heteroatoms. The second-order valence-electron chi connectivity index (χ2n) is 4.38. The number of hydrogen-bond acceptors (Lipinski definition) is 4. The van der Waals surface area contributed by atoms with E-state index in [2.05, 4.69) is 20.6 Å². The number of aryl methyl sites for hydroxylation is 1. The summed E-state index contributed by atoms with van der Waals surface area (Å²) in [5.74, 6) is 0.0641. The number of halogens is 3. The van der Waals surface area contributed by atoms with Gasteiger partial charge in [0.1, 0.15) is 5.69 Å². The zero-order chi connectivity index (χ0) is 13.2. The summed E-state index contributed by atoms with van der Waals surface area (Å²) in [6.45, 7) is 3.25. The molecule has 1 fully saturated rings. The predicted molar refractivity (Wildman–Crippen MR) is 61.3 cm³/mol. The van der Waals surface area contributed by atoms with Crippen molar-refractivity contribution in [3.63, 3.8) is 0 Å². The van der Waals surface area contributed by atoms with E-state index in [1.54, 1.807) is 0 Å². The Labute approximate surface area is 103 Å². The fourth-order valence-corrected chi connectivity index (χ4v) is 1.93. The largest absolute Gasteiger partial charge is 0.433 e. The van der Waals surface area contributed by atoms with Gasteiger partial charge >= 0.3 is 6.18 Å². The van der Waals surface area contributed by atoms with Crippen molar-refractivity contribution < 1.29 is 13.2 Å². The van der Waals surface area contributed by atoms with Crippen LogP contribution in [0.15, 0.2) is 6.07 Å². The Morgan fingerprint density at radius 2 is 1.94 bits per heavy atom. The lowest BCUT2D eigenvalue weighted by atomic mass is 10.1. The van der Waals surface area contributed by atoms with Crippen LogP contribution in [0.25, 0.3) is 0 Å². The number of anilines is 1. The maximum absolute atomic E-state index is 12.6. The van der Waals surface area contributed by atoms with Gasteiger partial charge < -0.3 is 10.6 Å². The molecule has 0 unspecified atom stereocenters. The highest BCUT2D eigenvalue weighted by molar-refractivity contribution is 5.30. The quantitative estimate of drug-likeness (QED) is 0.853. The molecule has 0 amide bonds. The Balaban J connectivity index is 2.14. The number of nitrogens with zero attached hydrogens (tertiary/aromatic N) is 2. The third kappa shape index (κ3) is 3.32. The first-order valence-electron chi connectivity index (χ1n) is 5.85. The molecule has 0 aromatic carbocycles. The molecule has 0 aliphatic carbocycles. The van der Waals surface area contributed by atoms with Gasteiger partial charge in [-0.2, -0.15) is 13.2 Å². The van der Waals surface area contributed by atoms with Gasteiger partial charge in [0.05, 0.1) is 0 Å². The van der Waals surface area contributed by atoms with Crippen LogP contribution in [0, 0.1) is 6.92 Å². The maximum atomic E-state index is 12.6. The summed E-state index contributed by atoms with van der Waals surface area (Å²) in [4.78, 5) is 7.53. The van der Waals surface area contributed by atoms with Gasteiger partial charge in [-0.3, -0.25) is 0 Å². The fourth-order valence-electron chi connectivity index (χ4n) is 1.93. The van der Waals surface area contributed by atoms with Gasteiger partial charge in [0.2, 0.25) is 5.95 Å².